The van der Waals surface area contributed by atoms with Gasteiger partial charge in [0.1, 0.15) is 11.3 Å². The standard InChI is InChI=1S/C15H22O4/c1-3-4-5-6-9-12-18-19-15(16)13-10-7-8-11-14(13)17-2/h7-8,10-11H,3-6,9,12H2,1-2H3. The predicted molar refractivity (Wildman–Crippen MR) is 73.1 cm³/mol. The van der Waals surface area contributed by atoms with Crippen molar-refractivity contribution in [3.8, 4) is 5.75 Å². The van der Waals surface area contributed by atoms with Gasteiger partial charge in [-0.25, -0.2) is 4.79 Å². The molecular formula is C15H22O4. The maximum atomic E-state index is 11.7. The van der Waals surface area contributed by atoms with Crippen molar-refractivity contribution in [1.82, 2.24) is 0 Å². The van der Waals surface area contributed by atoms with Gasteiger partial charge in [0.2, 0.25) is 0 Å². The summed E-state index contributed by atoms with van der Waals surface area (Å²) in [5, 5.41) is 0. The molecule has 0 N–H and O–H groups in total. The molecule has 0 bridgehead atoms. The molecule has 0 spiro atoms. The highest BCUT2D eigenvalue weighted by Crippen LogP contribution is 2.18. The lowest BCUT2D eigenvalue weighted by atomic mass is 10.2. The van der Waals surface area contributed by atoms with Gasteiger partial charge in [-0.3, -0.25) is 4.89 Å². The van der Waals surface area contributed by atoms with Crippen molar-refractivity contribution in [1.29, 1.82) is 0 Å². The molecule has 0 aliphatic rings. The summed E-state index contributed by atoms with van der Waals surface area (Å²) in [6, 6.07) is 6.90. The Labute approximate surface area is 114 Å². The van der Waals surface area contributed by atoms with Crippen LogP contribution in [-0.2, 0) is 9.78 Å². The lowest BCUT2D eigenvalue weighted by molar-refractivity contribution is -0.241. The third-order valence-corrected chi connectivity index (χ3v) is 2.79. The van der Waals surface area contributed by atoms with Crippen LogP contribution in [0.1, 0.15) is 49.4 Å². The number of hydrogen-bond acceptors (Lipinski definition) is 4. The fraction of sp³-hybridized carbons (Fsp3) is 0.533. The predicted octanol–water partition coefficient (Wildman–Crippen LogP) is 3.75. The van der Waals surface area contributed by atoms with Crippen LogP contribution in [0.2, 0.25) is 0 Å². The Balaban J connectivity index is 2.24. The Morgan fingerprint density at radius 3 is 2.58 bits per heavy atom. The first-order chi connectivity index (χ1) is 9.29. The Morgan fingerprint density at radius 2 is 1.84 bits per heavy atom. The Hall–Kier alpha value is -1.55. The highest BCUT2D eigenvalue weighted by atomic mass is 17.2. The lowest BCUT2D eigenvalue weighted by Gasteiger charge is -2.07. The fourth-order valence-electron chi connectivity index (χ4n) is 1.72. The van der Waals surface area contributed by atoms with E-state index in [9.17, 15) is 4.79 Å². The Kier molecular flexibility index (Phi) is 7.66. The number of rotatable bonds is 9. The highest BCUT2D eigenvalue weighted by Gasteiger charge is 2.13. The number of methoxy groups -OCH3 is 1. The number of benzene rings is 1. The molecule has 4 heteroatoms. The molecule has 19 heavy (non-hydrogen) atoms. The molecule has 1 rings (SSSR count). The summed E-state index contributed by atoms with van der Waals surface area (Å²) in [4.78, 5) is 21.4. The molecule has 0 aromatic heterocycles. The summed E-state index contributed by atoms with van der Waals surface area (Å²) in [6.45, 7) is 2.61. The molecule has 106 valence electrons. The average Bonchev–Trinajstić information content (AvgIpc) is 2.46. The van der Waals surface area contributed by atoms with Gasteiger partial charge < -0.3 is 4.74 Å². The second-order valence-electron chi connectivity index (χ2n) is 4.31. The van der Waals surface area contributed by atoms with Crippen molar-refractivity contribution in [3.63, 3.8) is 0 Å². The molecular weight excluding hydrogens is 244 g/mol. The van der Waals surface area contributed by atoms with Gasteiger partial charge in [-0.1, -0.05) is 44.7 Å². The molecule has 0 saturated heterocycles. The van der Waals surface area contributed by atoms with Gasteiger partial charge in [0.05, 0.1) is 13.7 Å². The van der Waals surface area contributed by atoms with E-state index in [0.29, 0.717) is 17.9 Å². The molecule has 1 aromatic rings. The third-order valence-electron chi connectivity index (χ3n) is 2.79. The van der Waals surface area contributed by atoms with E-state index in [-0.39, 0.29) is 0 Å². The molecule has 0 amide bonds. The zero-order chi connectivity index (χ0) is 13.9. The van der Waals surface area contributed by atoms with Crippen molar-refractivity contribution in [3.05, 3.63) is 29.8 Å². The number of carbonyl (C=O) groups excluding carboxylic acids is 1. The zero-order valence-electron chi connectivity index (χ0n) is 11.7. The summed E-state index contributed by atoms with van der Waals surface area (Å²) in [7, 11) is 1.51. The van der Waals surface area contributed by atoms with Crippen molar-refractivity contribution in [2.24, 2.45) is 0 Å². The number of ether oxygens (including phenoxy) is 1. The van der Waals surface area contributed by atoms with E-state index in [1.807, 2.05) is 0 Å². The van der Waals surface area contributed by atoms with E-state index in [1.54, 1.807) is 24.3 Å². The van der Waals surface area contributed by atoms with Gasteiger partial charge in [-0.2, -0.15) is 4.89 Å². The topological polar surface area (TPSA) is 44.8 Å². The number of para-hydroxylation sites is 1. The van der Waals surface area contributed by atoms with E-state index in [1.165, 1.54) is 26.4 Å². The third kappa shape index (κ3) is 5.75. The Bertz CT molecular complexity index is 376. The SMILES string of the molecule is CCCCCCCOOC(=O)c1ccccc1OC. The van der Waals surface area contributed by atoms with E-state index in [0.717, 1.165) is 12.8 Å². The summed E-state index contributed by atoms with van der Waals surface area (Å²) in [5.74, 6) is -0.0370. The van der Waals surface area contributed by atoms with Crippen molar-refractivity contribution in [2.45, 2.75) is 39.0 Å². The van der Waals surface area contributed by atoms with Gasteiger partial charge in [-0.05, 0) is 18.6 Å². The highest BCUT2D eigenvalue weighted by molar-refractivity contribution is 5.92. The minimum Gasteiger partial charge on any atom is -0.496 e. The molecule has 0 fully saturated rings. The van der Waals surface area contributed by atoms with Crippen molar-refractivity contribution >= 4 is 5.97 Å². The molecule has 0 saturated carbocycles. The van der Waals surface area contributed by atoms with Crippen LogP contribution in [0.4, 0.5) is 0 Å². The van der Waals surface area contributed by atoms with Gasteiger partial charge in [-0.15, -0.1) is 0 Å². The maximum absolute atomic E-state index is 11.7. The van der Waals surface area contributed by atoms with Crippen molar-refractivity contribution in [2.75, 3.05) is 13.7 Å². The van der Waals surface area contributed by atoms with E-state index in [2.05, 4.69) is 6.92 Å². The van der Waals surface area contributed by atoms with E-state index in [4.69, 9.17) is 14.5 Å². The van der Waals surface area contributed by atoms with Crippen LogP contribution in [0, 0.1) is 0 Å². The van der Waals surface area contributed by atoms with Crippen LogP contribution in [0.5, 0.6) is 5.75 Å². The lowest BCUT2D eigenvalue weighted by Crippen LogP contribution is -2.08. The second-order valence-corrected chi connectivity index (χ2v) is 4.31. The molecule has 0 unspecified atom stereocenters. The first-order valence-electron chi connectivity index (χ1n) is 6.76. The van der Waals surface area contributed by atoms with Crippen LogP contribution < -0.4 is 4.74 Å². The van der Waals surface area contributed by atoms with Crippen molar-refractivity contribution < 1.29 is 19.3 Å². The fourth-order valence-corrected chi connectivity index (χ4v) is 1.72. The number of hydrogen-bond donors (Lipinski definition) is 0. The minimum absolute atomic E-state index is 0.371. The van der Waals surface area contributed by atoms with Gasteiger partial charge in [0.15, 0.2) is 0 Å². The summed E-state index contributed by atoms with van der Waals surface area (Å²) < 4.78 is 5.08. The van der Waals surface area contributed by atoms with Crippen LogP contribution in [0.15, 0.2) is 24.3 Å². The van der Waals surface area contributed by atoms with Crippen LogP contribution in [0.3, 0.4) is 0 Å². The van der Waals surface area contributed by atoms with Gasteiger partial charge in [0.25, 0.3) is 0 Å². The minimum atomic E-state index is -0.522. The summed E-state index contributed by atoms with van der Waals surface area (Å²) in [5.41, 5.74) is 0.371. The first-order valence-corrected chi connectivity index (χ1v) is 6.76. The van der Waals surface area contributed by atoms with Crippen LogP contribution in [0.25, 0.3) is 0 Å². The molecule has 1 aromatic carbocycles. The maximum Gasteiger partial charge on any atom is 0.376 e. The van der Waals surface area contributed by atoms with Gasteiger partial charge >= 0.3 is 5.97 Å². The van der Waals surface area contributed by atoms with E-state index < -0.39 is 5.97 Å². The van der Waals surface area contributed by atoms with E-state index >= 15 is 0 Å². The molecule has 0 heterocycles. The summed E-state index contributed by atoms with van der Waals surface area (Å²) >= 11 is 0. The zero-order valence-corrected chi connectivity index (χ0v) is 11.7. The second kappa shape index (κ2) is 9.39. The molecule has 4 nitrogen and oxygen atoms in total. The molecule has 0 aliphatic carbocycles. The molecule has 0 radical (unpaired) electrons. The van der Waals surface area contributed by atoms with Gasteiger partial charge in [0, 0.05) is 0 Å². The summed E-state index contributed by atoms with van der Waals surface area (Å²) in [6.07, 6.45) is 5.64. The average molecular weight is 266 g/mol. The smallest absolute Gasteiger partial charge is 0.376 e. The first kappa shape index (κ1) is 15.5. The number of unbranched alkanes of at least 4 members (excludes halogenated alkanes) is 4. The molecule has 0 atom stereocenters. The number of carbonyl (C=O) groups is 1. The normalized spacial score (nSPS) is 10.2. The monoisotopic (exact) mass is 266 g/mol. The quantitative estimate of drug-likeness (QED) is 0.388. The molecule has 0 aliphatic heterocycles. The van der Waals surface area contributed by atoms with Crippen LogP contribution in [-0.4, -0.2) is 19.7 Å². The largest absolute Gasteiger partial charge is 0.496 e. The Morgan fingerprint density at radius 1 is 1.11 bits per heavy atom. The van der Waals surface area contributed by atoms with Crippen LogP contribution >= 0.6 is 0 Å².